The minimum atomic E-state index is -0.452. The third kappa shape index (κ3) is 6.21. The number of hydrogen-bond donors (Lipinski definition) is 1. The van der Waals surface area contributed by atoms with Crippen LogP contribution in [0.5, 0.6) is 0 Å². The van der Waals surface area contributed by atoms with Gasteiger partial charge in [-0.3, -0.25) is 9.59 Å². The van der Waals surface area contributed by atoms with E-state index in [9.17, 15) is 9.59 Å². The molecule has 1 atom stereocenters. The molecule has 0 aliphatic heterocycles. The van der Waals surface area contributed by atoms with Gasteiger partial charge >= 0.3 is 5.97 Å². The van der Waals surface area contributed by atoms with Crippen LogP contribution in [0.15, 0.2) is 59.1 Å². The van der Waals surface area contributed by atoms with Crippen LogP contribution in [-0.2, 0) is 20.9 Å². The van der Waals surface area contributed by atoms with Crippen LogP contribution < -0.4 is 5.32 Å². The Kier molecular flexibility index (Phi) is 7.67. The second-order valence-corrected chi connectivity index (χ2v) is 7.55. The number of aryl methyl sites for hydroxylation is 1. The van der Waals surface area contributed by atoms with Crippen LogP contribution in [-0.4, -0.2) is 39.2 Å². The highest BCUT2D eigenvalue weighted by Gasteiger charge is 2.19. The largest absolute Gasteiger partial charge is 0.469 e. The van der Waals surface area contributed by atoms with Gasteiger partial charge in [0.15, 0.2) is 0 Å². The maximum absolute atomic E-state index is 12.4. The van der Waals surface area contributed by atoms with Gasteiger partial charge in [0.2, 0.25) is 11.7 Å². The zero-order chi connectivity index (χ0) is 21.3. The molecule has 1 amide bonds. The summed E-state index contributed by atoms with van der Waals surface area (Å²) in [7, 11) is 1.33. The van der Waals surface area contributed by atoms with Crippen molar-refractivity contribution in [3.05, 3.63) is 64.6 Å². The predicted molar refractivity (Wildman–Crippen MR) is 114 cm³/mol. The summed E-state index contributed by atoms with van der Waals surface area (Å²) >= 11 is 3.38. The molecule has 0 spiro atoms. The van der Waals surface area contributed by atoms with Crippen molar-refractivity contribution in [1.29, 1.82) is 0 Å². The van der Waals surface area contributed by atoms with Crippen LogP contribution >= 0.6 is 15.9 Å². The van der Waals surface area contributed by atoms with E-state index in [0.717, 1.165) is 15.6 Å². The Labute approximate surface area is 182 Å². The molecular formula is C21H22BrN5O3. The van der Waals surface area contributed by atoms with Crippen molar-refractivity contribution in [3.8, 4) is 11.4 Å². The maximum atomic E-state index is 12.4. The molecule has 0 fully saturated rings. The van der Waals surface area contributed by atoms with Gasteiger partial charge in [0.25, 0.3) is 0 Å². The number of nitrogens with zero attached hydrogens (tertiary/aromatic N) is 4. The van der Waals surface area contributed by atoms with Gasteiger partial charge < -0.3 is 10.1 Å². The van der Waals surface area contributed by atoms with Gasteiger partial charge in [-0.25, -0.2) is 0 Å². The number of nitrogens with one attached hydrogen (secondary N) is 1. The van der Waals surface area contributed by atoms with E-state index in [1.54, 1.807) is 0 Å². The van der Waals surface area contributed by atoms with Crippen LogP contribution in [0, 0.1) is 0 Å². The monoisotopic (exact) mass is 471 g/mol. The third-order valence-corrected chi connectivity index (χ3v) is 4.98. The van der Waals surface area contributed by atoms with Crippen molar-refractivity contribution >= 4 is 27.8 Å². The molecule has 0 bridgehead atoms. The van der Waals surface area contributed by atoms with Crippen LogP contribution in [0.1, 0.15) is 30.9 Å². The zero-order valence-corrected chi connectivity index (χ0v) is 18.1. The molecule has 0 radical (unpaired) electrons. The van der Waals surface area contributed by atoms with Gasteiger partial charge in [0, 0.05) is 16.5 Å². The zero-order valence-electron chi connectivity index (χ0n) is 16.5. The molecule has 1 aromatic heterocycles. The van der Waals surface area contributed by atoms with Gasteiger partial charge in [-0.15, -0.1) is 10.2 Å². The normalized spacial score (nSPS) is 11.7. The minimum absolute atomic E-state index is 0.0644. The van der Waals surface area contributed by atoms with Gasteiger partial charge in [-0.05, 0) is 29.3 Å². The SMILES string of the molecule is COC(=O)CC(NC(=O)CCCn1nnc(-c2ccccc2)n1)c1ccc(Br)cc1. The maximum Gasteiger partial charge on any atom is 0.307 e. The standard InChI is InChI=1S/C21H22BrN5O3/c1-30-20(29)14-18(15-9-11-17(22)12-10-15)23-19(28)8-5-13-27-25-21(24-26-27)16-6-3-2-4-7-16/h2-4,6-7,9-12,18H,5,8,13-14H2,1H3,(H,23,28). The van der Waals surface area contributed by atoms with Crippen LogP contribution in [0.3, 0.4) is 0 Å². The molecule has 9 heteroatoms. The van der Waals surface area contributed by atoms with Crippen LogP contribution in [0.2, 0.25) is 0 Å². The third-order valence-electron chi connectivity index (χ3n) is 4.45. The van der Waals surface area contributed by atoms with Crippen molar-refractivity contribution in [1.82, 2.24) is 25.5 Å². The lowest BCUT2D eigenvalue weighted by Gasteiger charge is -2.18. The van der Waals surface area contributed by atoms with E-state index in [1.165, 1.54) is 11.9 Å². The number of carbonyl (C=O) groups is 2. The smallest absolute Gasteiger partial charge is 0.307 e. The van der Waals surface area contributed by atoms with E-state index >= 15 is 0 Å². The average Bonchev–Trinajstić information content (AvgIpc) is 3.23. The molecule has 2 aromatic carbocycles. The highest BCUT2D eigenvalue weighted by atomic mass is 79.9. The quantitative estimate of drug-likeness (QED) is 0.480. The Hall–Kier alpha value is -3.07. The van der Waals surface area contributed by atoms with E-state index in [1.807, 2.05) is 54.6 Å². The Bertz CT molecular complexity index is 976. The molecule has 30 heavy (non-hydrogen) atoms. The molecule has 8 nitrogen and oxygen atoms in total. The summed E-state index contributed by atoms with van der Waals surface area (Å²) in [6, 6.07) is 16.6. The number of esters is 1. The molecule has 3 aromatic rings. The number of rotatable bonds is 9. The lowest BCUT2D eigenvalue weighted by Crippen LogP contribution is -2.30. The molecule has 3 rings (SSSR count). The average molecular weight is 472 g/mol. The van der Waals surface area contributed by atoms with E-state index in [0.29, 0.717) is 18.8 Å². The fourth-order valence-electron chi connectivity index (χ4n) is 2.89. The number of ether oxygens (including phenoxy) is 1. The molecular weight excluding hydrogens is 450 g/mol. The Morgan fingerprint density at radius 3 is 2.57 bits per heavy atom. The molecule has 156 valence electrons. The fraction of sp³-hybridized carbons (Fsp3) is 0.286. The van der Waals surface area contributed by atoms with E-state index in [-0.39, 0.29) is 24.7 Å². The van der Waals surface area contributed by atoms with Crippen molar-refractivity contribution in [2.24, 2.45) is 0 Å². The number of tetrazole rings is 1. The van der Waals surface area contributed by atoms with Crippen molar-refractivity contribution in [2.45, 2.75) is 31.8 Å². The molecule has 0 saturated carbocycles. The first-order chi connectivity index (χ1) is 14.5. The molecule has 1 heterocycles. The minimum Gasteiger partial charge on any atom is -0.469 e. The van der Waals surface area contributed by atoms with Crippen molar-refractivity contribution < 1.29 is 14.3 Å². The highest BCUT2D eigenvalue weighted by Crippen LogP contribution is 2.20. The first-order valence-electron chi connectivity index (χ1n) is 9.50. The second-order valence-electron chi connectivity index (χ2n) is 6.63. The number of methoxy groups -OCH3 is 1. The number of amides is 1. The molecule has 1 unspecified atom stereocenters. The summed E-state index contributed by atoms with van der Waals surface area (Å²) in [5.41, 5.74) is 1.73. The number of aromatic nitrogens is 4. The van der Waals surface area contributed by atoms with Crippen molar-refractivity contribution in [3.63, 3.8) is 0 Å². The Morgan fingerprint density at radius 2 is 1.87 bits per heavy atom. The van der Waals surface area contributed by atoms with E-state index in [4.69, 9.17) is 4.74 Å². The second kappa shape index (κ2) is 10.6. The number of carbonyl (C=O) groups excluding carboxylic acids is 2. The number of halogens is 1. The summed E-state index contributed by atoms with van der Waals surface area (Å²) in [5.74, 6) is 0.00660. The first kappa shape index (κ1) is 21.6. The number of hydrogen-bond acceptors (Lipinski definition) is 6. The summed E-state index contributed by atoms with van der Waals surface area (Å²) in [5, 5.41) is 15.3. The van der Waals surface area contributed by atoms with Crippen LogP contribution in [0.25, 0.3) is 11.4 Å². The van der Waals surface area contributed by atoms with E-state index in [2.05, 4.69) is 36.7 Å². The van der Waals surface area contributed by atoms with E-state index < -0.39 is 6.04 Å². The van der Waals surface area contributed by atoms with Gasteiger partial charge in [0.05, 0.1) is 26.1 Å². The fourth-order valence-corrected chi connectivity index (χ4v) is 3.15. The summed E-state index contributed by atoms with van der Waals surface area (Å²) in [6.07, 6.45) is 0.882. The summed E-state index contributed by atoms with van der Waals surface area (Å²) in [4.78, 5) is 25.7. The van der Waals surface area contributed by atoms with Crippen LogP contribution in [0.4, 0.5) is 0 Å². The van der Waals surface area contributed by atoms with Gasteiger partial charge in [-0.2, -0.15) is 4.80 Å². The highest BCUT2D eigenvalue weighted by molar-refractivity contribution is 9.10. The molecule has 0 aliphatic rings. The Balaban J connectivity index is 1.53. The Morgan fingerprint density at radius 1 is 1.13 bits per heavy atom. The van der Waals surface area contributed by atoms with Gasteiger partial charge in [0.1, 0.15) is 0 Å². The first-order valence-corrected chi connectivity index (χ1v) is 10.3. The number of benzene rings is 2. The lowest BCUT2D eigenvalue weighted by molar-refractivity contribution is -0.141. The molecule has 1 N–H and O–H groups in total. The molecule has 0 saturated heterocycles. The topological polar surface area (TPSA) is 99.0 Å². The molecule has 0 aliphatic carbocycles. The van der Waals surface area contributed by atoms with Gasteiger partial charge in [-0.1, -0.05) is 58.4 Å². The lowest BCUT2D eigenvalue weighted by atomic mass is 10.0. The summed E-state index contributed by atoms with van der Waals surface area (Å²) in [6.45, 7) is 0.465. The van der Waals surface area contributed by atoms with Crippen molar-refractivity contribution in [2.75, 3.05) is 7.11 Å². The predicted octanol–water partition coefficient (Wildman–Crippen LogP) is 3.30. The summed E-state index contributed by atoms with van der Waals surface area (Å²) < 4.78 is 5.68.